The summed E-state index contributed by atoms with van der Waals surface area (Å²) >= 11 is 11.9. The number of ether oxygens (including phenoxy) is 1. The SMILES string of the molecule is O=C(OC(=O)C(F)(F)F)c1n[nH]nc1C(F)(F)c1ccc(-c2ccc(Cl)cc2)c(Cl)c1. The van der Waals surface area contributed by atoms with E-state index >= 15 is 0 Å². The number of carbonyl (C=O) groups is 2. The zero-order valence-corrected chi connectivity index (χ0v) is 16.3. The van der Waals surface area contributed by atoms with Crippen molar-refractivity contribution in [1.29, 1.82) is 0 Å². The lowest BCUT2D eigenvalue weighted by molar-refractivity contribution is -0.193. The molecule has 0 spiro atoms. The van der Waals surface area contributed by atoms with E-state index < -0.39 is 41.0 Å². The minimum Gasteiger partial charge on any atom is -0.381 e. The van der Waals surface area contributed by atoms with Crippen LogP contribution >= 0.6 is 23.2 Å². The molecule has 0 amide bonds. The molecule has 0 atom stereocenters. The lowest BCUT2D eigenvalue weighted by Crippen LogP contribution is -2.29. The van der Waals surface area contributed by atoms with Crippen LogP contribution in [0.2, 0.25) is 10.0 Å². The Morgan fingerprint density at radius 2 is 1.58 bits per heavy atom. The standard InChI is InChI=1S/C18H8Cl2F5N3O3/c19-10-4-1-8(2-5-10)11-6-3-9(7-12(11)20)17(21,22)14-13(26-28-27-14)15(29)31-16(30)18(23,24)25/h1-7H,(H,26,27,28). The minimum absolute atomic E-state index is 0.0839. The van der Waals surface area contributed by atoms with Crippen LogP contribution in [0.3, 0.4) is 0 Å². The zero-order valence-electron chi connectivity index (χ0n) is 14.8. The fourth-order valence-corrected chi connectivity index (χ4v) is 2.91. The number of esters is 2. The summed E-state index contributed by atoms with van der Waals surface area (Å²) in [6, 6.07) is 9.54. The molecule has 1 N–H and O–H groups in total. The van der Waals surface area contributed by atoms with E-state index in [1.807, 2.05) is 0 Å². The Labute approximate surface area is 179 Å². The summed E-state index contributed by atoms with van der Waals surface area (Å²) in [7, 11) is 0. The number of nitrogens with zero attached hydrogens (tertiary/aromatic N) is 2. The fraction of sp³-hybridized carbons (Fsp3) is 0.111. The van der Waals surface area contributed by atoms with E-state index in [2.05, 4.69) is 14.9 Å². The molecule has 0 radical (unpaired) electrons. The topological polar surface area (TPSA) is 84.9 Å². The van der Waals surface area contributed by atoms with Crippen molar-refractivity contribution in [2.75, 3.05) is 0 Å². The first kappa shape index (κ1) is 22.6. The van der Waals surface area contributed by atoms with Crippen molar-refractivity contribution in [1.82, 2.24) is 15.4 Å². The number of aromatic nitrogens is 3. The number of halogens is 7. The fourth-order valence-electron chi connectivity index (χ4n) is 2.49. The molecule has 6 nitrogen and oxygen atoms in total. The first-order valence-corrected chi connectivity index (χ1v) is 8.85. The molecule has 0 bridgehead atoms. The van der Waals surface area contributed by atoms with Crippen molar-refractivity contribution < 1.29 is 36.3 Å². The quantitative estimate of drug-likeness (QED) is 0.317. The summed E-state index contributed by atoms with van der Waals surface area (Å²) in [6.07, 6.45) is -5.51. The molecule has 162 valence electrons. The summed E-state index contributed by atoms with van der Waals surface area (Å²) in [5, 5.41) is 8.30. The Balaban J connectivity index is 1.93. The van der Waals surface area contributed by atoms with Crippen LogP contribution < -0.4 is 0 Å². The van der Waals surface area contributed by atoms with Gasteiger partial charge in [-0.25, -0.2) is 9.59 Å². The van der Waals surface area contributed by atoms with Gasteiger partial charge in [0, 0.05) is 21.2 Å². The van der Waals surface area contributed by atoms with Gasteiger partial charge in [0.2, 0.25) is 5.69 Å². The number of benzene rings is 2. The molecule has 0 saturated heterocycles. The van der Waals surface area contributed by atoms with Crippen LogP contribution in [0, 0.1) is 0 Å². The molecule has 1 aromatic heterocycles. The van der Waals surface area contributed by atoms with Crippen LogP contribution in [0.5, 0.6) is 0 Å². The van der Waals surface area contributed by atoms with Gasteiger partial charge in [-0.05, 0) is 23.8 Å². The Hall–Kier alpha value is -3.05. The number of nitrogens with one attached hydrogen (secondary N) is 1. The predicted molar refractivity (Wildman–Crippen MR) is 97.8 cm³/mol. The van der Waals surface area contributed by atoms with Crippen LogP contribution in [-0.4, -0.2) is 33.5 Å². The van der Waals surface area contributed by atoms with Crippen molar-refractivity contribution in [3.63, 3.8) is 0 Å². The smallest absolute Gasteiger partial charge is 0.381 e. The molecule has 0 aliphatic carbocycles. The van der Waals surface area contributed by atoms with Gasteiger partial charge < -0.3 is 4.74 Å². The van der Waals surface area contributed by atoms with E-state index in [0.29, 0.717) is 16.1 Å². The highest BCUT2D eigenvalue weighted by atomic mass is 35.5. The summed E-state index contributed by atoms with van der Waals surface area (Å²) in [6.45, 7) is 0. The van der Waals surface area contributed by atoms with E-state index in [4.69, 9.17) is 23.2 Å². The van der Waals surface area contributed by atoms with Crippen molar-refractivity contribution in [3.8, 4) is 11.1 Å². The average molecular weight is 480 g/mol. The van der Waals surface area contributed by atoms with Crippen LogP contribution in [0.15, 0.2) is 42.5 Å². The van der Waals surface area contributed by atoms with Gasteiger partial charge in [0.1, 0.15) is 0 Å². The van der Waals surface area contributed by atoms with Gasteiger partial charge in [-0.1, -0.05) is 47.5 Å². The first-order chi connectivity index (χ1) is 14.4. The van der Waals surface area contributed by atoms with Gasteiger partial charge in [-0.3, -0.25) is 0 Å². The summed E-state index contributed by atoms with van der Waals surface area (Å²) < 4.78 is 70.2. The summed E-state index contributed by atoms with van der Waals surface area (Å²) in [5.74, 6) is -8.95. The number of alkyl halides is 5. The van der Waals surface area contributed by atoms with Crippen molar-refractivity contribution in [2.45, 2.75) is 12.1 Å². The monoisotopic (exact) mass is 479 g/mol. The molecule has 3 rings (SSSR count). The largest absolute Gasteiger partial charge is 0.491 e. The second kappa shape index (κ2) is 8.23. The van der Waals surface area contributed by atoms with Crippen molar-refractivity contribution in [3.05, 3.63) is 69.5 Å². The Morgan fingerprint density at radius 3 is 2.16 bits per heavy atom. The second-order valence-corrected chi connectivity index (χ2v) is 6.82. The van der Waals surface area contributed by atoms with E-state index in [-0.39, 0.29) is 5.02 Å². The molecule has 13 heteroatoms. The van der Waals surface area contributed by atoms with Gasteiger partial charge in [-0.2, -0.15) is 32.3 Å². The van der Waals surface area contributed by atoms with Gasteiger partial charge in [0.05, 0.1) is 0 Å². The third kappa shape index (κ3) is 4.67. The molecule has 1 heterocycles. The number of rotatable bonds is 4. The van der Waals surface area contributed by atoms with E-state index in [1.165, 1.54) is 6.07 Å². The molecule has 0 unspecified atom stereocenters. The van der Waals surface area contributed by atoms with Crippen molar-refractivity contribution >= 4 is 35.1 Å². The molecule has 31 heavy (non-hydrogen) atoms. The molecular formula is C18H8Cl2F5N3O3. The van der Waals surface area contributed by atoms with Gasteiger partial charge in [0.25, 0.3) is 0 Å². The van der Waals surface area contributed by atoms with Crippen LogP contribution in [-0.2, 0) is 15.5 Å². The molecule has 2 aromatic carbocycles. The second-order valence-electron chi connectivity index (χ2n) is 5.97. The number of aromatic amines is 1. The van der Waals surface area contributed by atoms with E-state index in [9.17, 15) is 31.5 Å². The highest BCUT2D eigenvalue weighted by Gasteiger charge is 2.46. The summed E-state index contributed by atoms with van der Waals surface area (Å²) in [5.41, 5.74) is -2.39. The molecule has 0 aliphatic rings. The average Bonchev–Trinajstić information content (AvgIpc) is 3.19. The number of hydrogen-bond acceptors (Lipinski definition) is 5. The Bertz CT molecular complexity index is 1150. The molecular weight excluding hydrogens is 472 g/mol. The number of hydrogen-bond donors (Lipinski definition) is 1. The number of carbonyl (C=O) groups excluding carboxylic acids is 2. The van der Waals surface area contributed by atoms with Crippen LogP contribution in [0.4, 0.5) is 22.0 Å². The van der Waals surface area contributed by atoms with Crippen molar-refractivity contribution in [2.24, 2.45) is 0 Å². The van der Waals surface area contributed by atoms with E-state index in [1.54, 1.807) is 29.5 Å². The molecule has 0 aliphatic heterocycles. The van der Waals surface area contributed by atoms with Gasteiger partial charge in [0.15, 0.2) is 5.69 Å². The molecule has 0 fully saturated rings. The predicted octanol–water partition coefficient (Wildman–Crippen LogP) is 5.16. The Morgan fingerprint density at radius 1 is 0.935 bits per heavy atom. The maximum Gasteiger partial charge on any atom is 0.491 e. The highest BCUT2D eigenvalue weighted by Crippen LogP contribution is 2.39. The third-order valence-electron chi connectivity index (χ3n) is 3.94. The zero-order chi connectivity index (χ0) is 23.0. The van der Waals surface area contributed by atoms with Crippen LogP contribution in [0.25, 0.3) is 11.1 Å². The lowest BCUT2D eigenvalue weighted by Gasteiger charge is -2.16. The number of H-pyrrole nitrogens is 1. The molecule has 3 aromatic rings. The third-order valence-corrected chi connectivity index (χ3v) is 4.51. The lowest BCUT2D eigenvalue weighted by atomic mass is 9.99. The normalized spacial score (nSPS) is 12.0. The molecule has 0 saturated carbocycles. The van der Waals surface area contributed by atoms with Gasteiger partial charge in [-0.15, -0.1) is 5.10 Å². The maximum absolute atomic E-state index is 15.0. The minimum atomic E-state index is -5.51. The summed E-state index contributed by atoms with van der Waals surface area (Å²) in [4.78, 5) is 22.6. The Kier molecular flexibility index (Phi) is 6.01. The maximum atomic E-state index is 15.0. The highest BCUT2D eigenvalue weighted by molar-refractivity contribution is 6.33. The van der Waals surface area contributed by atoms with Gasteiger partial charge >= 0.3 is 24.0 Å². The first-order valence-electron chi connectivity index (χ1n) is 8.09. The van der Waals surface area contributed by atoms with E-state index in [0.717, 1.165) is 12.1 Å². The van der Waals surface area contributed by atoms with Crippen LogP contribution in [0.1, 0.15) is 21.7 Å².